The molecule has 0 bridgehead atoms. The molecule has 1 aromatic rings. The Morgan fingerprint density at radius 3 is 2.61 bits per heavy atom. The van der Waals surface area contributed by atoms with E-state index in [0.717, 1.165) is 23.9 Å². The van der Waals surface area contributed by atoms with E-state index in [-0.39, 0.29) is 42.0 Å². The number of carbonyl (C=O) groups excluding carboxylic acids is 1. The fraction of sp³-hybridized carbons (Fsp3) is 0.0769. The summed E-state index contributed by atoms with van der Waals surface area (Å²) in [5, 5.41) is 9.47. The fourth-order valence-electron chi connectivity index (χ4n) is 1.76. The maximum atomic E-state index is 12.1. The van der Waals surface area contributed by atoms with Crippen molar-refractivity contribution in [3.63, 3.8) is 0 Å². The predicted octanol–water partition coefficient (Wildman–Crippen LogP) is -0.970. The van der Waals surface area contributed by atoms with E-state index in [1.165, 1.54) is 17.0 Å². The summed E-state index contributed by atoms with van der Waals surface area (Å²) in [5.74, 6) is -0.879. The molecule has 1 aliphatic rings. The molecule has 1 saturated heterocycles. The molecule has 1 amide bonds. The molecule has 6 nitrogen and oxygen atoms in total. The van der Waals surface area contributed by atoms with Gasteiger partial charge in [-0.3, -0.25) is 14.2 Å². The number of hydrogen-bond acceptors (Lipinski definition) is 6. The molecule has 0 unspecified atom stereocenters. The van der Waals surface area contributed by atoms with Crippen LogP contribution in [0.5, 0.6) is 5.75 Å². The van der Waals surface area contributed by atoms with Gasteiger partial charge in [0.25, 0.3) is 16.0 Å². The minimum Gasteiger partial charge on any atom is -0.506 e. The van der Waals surface area contributed by atoms with Crippen molar-refractivity contribution < 1.29 is 52.4 Å². The van der Waals surface area contributed by atoms with Crippen LogP contribution in [0, 0.1) is 0 Å². The van der Waals surface area contributed by atoms with Crippen LogP contribution in [0.15, 0.2) is 40.7 Å². The summed E-state index contributed by atoms with van der Waals surface area (Å²) in [7, 11) is -4.55. The Bertz CT molecular complexity index is 804. The zero-order chi connectivity index (χ0) is 16.5. The Morgan fingerprint density at radius 2 is 2.04 bits per heavy atom. The number of phenolic OH excluding ortho intramolecular Hbond substituents is 1. The van der Waals surface area contributed by atoms with E-state index in [2.05, 4.69) is 6.58 Å². The minimum atomic E-state index is -4.55. The summed E-state index contributed by atoms with van der Waals surface area (Å²) < 4.78 is 31.7. The van der Waals surface area contributed by atoms with Gasteiger partial charge >= 0.3 is 29.6 Å². The van der Waals surface area contributed by atoms with Crippen LogP contribution in [-0.2, 0) is 14.9 Å². The van der Waals surface area contributed by atoms with Crippen LogP contribution < -0.4 is 29.6 Å². The predicted molar refractivity (Wildman–Crippen MR) is 88.0 cm³/mol. The average Bonchev–Trinajstić information content (AvgIpc) is 2.68. The van der Waals surface area contributed by atoms with Gasteiger partial charge in [-0.25, -0.2) is 0 Å². The number of amides is 1. The second kappa shape index (κ2) is 7.93. The number of phenols is 1. The topological polar surface area (TPSA) is 94.9 Å². The zero-order valence-corrected chi connectivity index (χ0v) is 16.5. The van der Waals surface area contributed by atoms with Crippen LogP contribution in [-0.4, -0.2) is 39.7 Å². The number of aromatic hydroxyl groups is 1. The molecule has 0 spiro atoms. The number of thioether (sulfide) groups is 1. The van der Waals surface area contributed by atoms with Crippen molar-refractivity contribution in [1.29, 1.82) is 0 Å². The Balaban J connectivity index is 0.00000264. The third kappa shape index (κ3) is 4.66. The first-order chi connectivity index (χ1) is 10.2. The number of nitrogens with zero attached hydrogens (tertiary/aromatic N) is 1. The van der Waals surface area contributed by atoms with Crippen molar-refractivity contribution in [3.05, 3.63) is 41.3 Å². The van der Waals surface area contributed by atoms with Crippen molar-refractivity contribution in [1.82, 2.24) is 4.90 Å². The van der Waals surface area contributed by atoms with Gasteiger partial charge in [0.1, 0.15) is 15.0 Å². The molecule has 0 aromatic heterocycles. The number of benzene rings is 1. The molecule has 2 N–H and O–H groups in total. The van der Waals surface area contributed by atoms with E-state index in [1.807, 2.05) is 0 Å². The Labute approximate surface area is 165 Å². The standard InChI is InChI=1S/C13H11NO5S3.Na/c1-2-5-14-12(16)10(21-13(14)20)6-8-3-4-9(15)11(7-8)22(17,18)19;/h2-4,6-7,15H,1,5H2,(H,17,18,19);/q;+1/b10-6-;. The van der Waals surface area contributed by atoms with Crippen molar-refractivity contribution in [2.45, 2.75) is 4.90 Å². The molecule has 0 atom stereocenters. The quantitative estimate of drug-likeness (QED) is 0.228. The first-order valence-corrected chi connectivity index (χ1v) is 8.57. The molecule has 0 saturated carbocycles. The smallest absolute Gasteiger partial charge is 0.506 e. The van der Waals surface area contributed by atoms with E-state index >= 15 is 0 Å². The van der Waals surface area contributed by atoms with Gasteiger partial charge in [0, 0.05) is 6.54 Å². The molecule has 1 fully saturated rings. The number of hydrogen-bond donors (Lipinski definition) is 2. The third-order valence-corrected chi connectivity index (χ3v) is 5.01. The largest absolute Gasteiger partial charge is 1.00 e. The maximum absolute atomic E-state index is 12.1. The van der Waals surface area contributed by atoms with Crippen molar-refractivity contribution in [2.75, 3.05) is 6.54 Å². The normalized spacial score (nSPS) is 16.6. The van der Waals surface area contributed by atoms with Crippen LogP contribution in [0.2, 0.25) is 0 Å². The molecule has 1 heterocycles. The van der Waals surface area contributed by atoms with Crippen molar-refractivity contribution >= 4 is 50.4 Å². The summed E-state index contributed by atoms with van der Waals surface area (Å²) >= 11 is 6.17. The van der Waals surface area contributed by atoms with Crippen LogP contribution >= 0.6 is 24.0 Å². The van der Waals surface area contributed by atoms with E-state index in [4.69, 9.17) is 16.8 Å². The molecule has 1 aliphatic heterocycles. The zero-order valence-electron chi connectivity index (χ0n) is 12.1. The van der Waals surface area contributed by atoms with Crippen LogP contribution in [0.1, 0.15) is 5.56 Å². The van der Waals surface area contributed by atoms with Gasteiger partial charge in [-0.05, 0) is 23.8 Å². The molecular formula is C13H11NNaO5S3+. The van der Waals surface area contributed by atoms with Gasteiger partial charge in [-0.15, -0.1) is 6.58 Å². The molecule has 2 rings (SSSR count). The summed E-state index contributed by atoms with van der Waals surface area (Å²) in [5.41, 5.74) is 0.338. The van der Waals surface area contributed by atoms with Crippen LogP contribution in [0.4, 0.5) is 0 Å². The number of carbonyl (C=O) groups is 1. The van der Waals surface area contributed by atoms with Crippen molar-refractivity contribution in [3.8, 4) is 5.75 Å². The molecule has 10 heteroatoms. The van der Waals surface area contributed by atoms with Gasteiger partial charge < -0.3 is 5.11 Å². The van der Waals surface area contributed by atoms with E-state index in [1.54, 1.807) is 6.08 Å². The Hall–Kier alpha value is -0.680. The molecule has 23 heavy (non-hydrogen) atoms. The third-order valence-electron chi connectivity index (χ3n) is 2.74. The average molecular weight is 380 g/mol. The summed E-state index contributed by atoms with van der Waals surface area (Å²) in [4.78, 5) is 13.2. The maximum Gasteiger partial charge on any atom is 1.00 e. The van der Waals surface area contributed by atoms with Crippen LogP contribution in [0.25, 0.3) is 6.08 Å². The molecule has 116 valence electrons. The van der Waals surface area contributed by atoms with Crippen LogP contribution in [0.3, 0.4) is 0 Å². The molecule has 1 aromatic carbocycles. The van der Waals surface area contributed by atoms with Gasteiger partial charge in [0.2, 0.25) is 0 Å². The first-order valence-electron chi connectivity index (χ1n) is 5.91. The molecule has 0 aliphatic carbocycles. The van der Waals surface area contributed by atoms with Crippen molar-refractivity contribution in [2.24, 2.45) is 0 Å². The van der Waals surface area contributed by atoms with E-state index in [0.29, 0.717) is 14.8 Å². The van der Waals surface area contributed by atoms with Gasteiger partial charge in [-0.2, -0.15) is 8.42 Å². The second-order valence-electron chi connectivity index (χ2n) is 4.28. The van der Waals surface area contributed by atoms with E-state index in [9.17, 15) is 18.3 Å². The SMILES string of the molecule is C=CCN1C(=O)/C(=C/c2ccc(O)c(S(=O)(=O)O)c2)SC1=S.[Na+]. The Kier molecular flexibility index (Phi) is 7.02. The van der Waals surface area contributed by atoms with Gasteiger partial charge in [-0.1, -0.05) is 36.1 Å². The first kappa shape index (κ1) is 20.4. The summed E-state index contributed by atoms with van der Waals surface area (Å²) in [6.45, 7) is 3.83. The Morgan fingerprint density at radius 1 is 1.39 bits per heavy atom. The number of rotatable bonds is 4. The summed E-state index contributed by atoms with van der Waals surface area (Å²) in [6.07, 6.45) is 2.99. The minimum absolute atomic E-state index is 0. The number of thiocarbonyl (C=S) groups is 1. The molecular weight excluding hydrogens is 369 g/mol. The monoisotopic (exact) mass is 380 g/mol. The fourth-order valence-corrected chi connectivity index (χ4v) is 3.66. The molecule has 0 radical (unpaired) electrons. The van der Waals surface area contributed by atoms with Gasteiger partial charge in [0.05, 0.1) is 4.91 Å². The van der Waals surface area contributed by atoms with E-state index < -0.39 is 20.8 Å². The second-order valence-corrected chi connectivity index (χ2v) is 7.35. The summed E-state index contributed by atoms with van der Waals surface area (Å²) in [6, 6.07) is 3.62. The van der Waals surface area contributed by atoms with Gasteiger partial charge in [0.15, 0.2) is 0 Å².